The van der Waals surface area contributed by atoms with Gasteiger partial charge in [0.05, 0.1) is 0 Å². The summed E-state index contributed by atoms with van der Waals surface area (Å²) in [4.78, 5) is 4.53. The molecule has 1 aromatic carbocycles. The van der Waals surface area contributed by atoms with Crippen molar-refractivity contribution in [2.24, 2.45) is 0 Å². The molecule has 1 aromatic rings. The van der Waals surface area contributed by atoms with Crippen LogP contribution in [0, 0.1) is 0 Å². The van der Waals surface area contributed by atoms with E-state index in [1.807, 2.05) is 0 Å². The molecule has 0 unspecified atom stereocenters. The summed E-state index contributed by atoms with van der Waals surface area (Å²) < 4.78 is 0. The van der Waals surface area contributed by atoms with Gasteiger partial charge in [0.15, 0.2) is 0 Å². The fraction of sp³-hybridized carbons (Fsp3) is 0.571. The van der Waals surface area contributed by atoms with Crippen molar-refractivity contribution in [3.63, 3.8) is 0 Å². The summed E-state index contributed by atoms with van der Waals surface area (Å²) in [6.45, 7) is 8.76. The lowest BCUT2D eigenvalue weighted by molar-refractivity contribution is 0.316. The second-order valence-corrected chi connectivity index (χ2v) is 4.39. The van der Waals surface area contributed by atoms with Crippen LogP contribution in [0.4, 0.5) is 11.4 Å². The van der Waals surface area contributed by atoms with Gasteiger partial charge < -0.3 is 15.1 Å². The molecule has 0 heterocycles. The summed E-state index contributed by atoms with van der Waals surface area (Å²) in [6.07, 6.45) is 0. The van der Waals surface area contributed by atoms with Crippen LogP contribution in [-0.4, -0.2) is 45.2 Å². The Labute approximate surface area is 105 Å². The molecule has 0 spiro atoms. The fourth-order valence-electron chi connectivity index (χ4n) is 1.78. The van der Waals surface area contributed by atoms with Gasteiger partial charge in [0.25, 0.3) is 0 Å². The second-order valence-electron chi connectivity index (χ2n) is 4.39. The first-order chi connectivity index (χ1) is 8.17. The Morgan fingerprint density at radius 1 is 1.00 bits per heavy atom. The topological polar surface area (TPSA) is 18.5 Å². The highest BCUT2D eigenvalue weighted by atomic mass is 15.1. The first-order valence-electron chi connectivity index (χ1n) is 6.41. The van der Waals surface area contributed by atoms with Gasteiger partial charge in [-0.25, -0.2) is 0 Å². The molecule has 0 aliphatic rings. The van der Waals surface area contributed by atoms with Crippen molar-refractivity contribution in [1.82, 2.24) is 4.90 Å². The van der Waals surface area contributed by atoms with Gasteiger partial charge in [-0.05, 0) is 37.4 Å². The third-order valence-corrected chi connectivity index (χ3v) is 3.04. The summed E-state index contributed by atoms with van der Waals surface area (Å²) in [6, 6.07) is 8.55. The van der Waals surface area contributed by atoms with E-state index >= 15 is 0 Å². The molecule has 0 radical (unpaired) electrons. The summed E-state index contributed by atoms with van der Waals surface area (Å²) in [7, 11) is 4.12. The third kappa shape index (κ3) is 4.65. The average Bonchev–Trinajstić information content (AvgIpc) is 2.35. The molecule has 0 saturated carbocycles. The summed E-state index contributed by atoms with van der Waals surface area (Å²) >= 11 is 0. The lowest BCUT2D eigenvalue weighted by Gasteiger charge is -2.18. The number of rotatable bonds is 7. The Morgan fingerprint density at radius 3 is 2.06 bits per heavy atom. The molecular formula is C14H25N3. The number of nitrogens with zero attached hydrogens (tertiary/aromatic N) is 2. The Kier molecular flexibility index (Phi) is 5.84. The number of nitrogens with one attached hydrogen (secondary N) is 1. The van der Waals surface area contributed by atoms with Crippen molar-refractivity contribution in [3.8, 4) is 0 Å². The fourth-order valence-corrected chi connectivity index (χ4v) is 1.78. The summed E-state index contributed by atoms with van der Waals surface area (Å²) in [5, 5.41) is 3.45. The van der Waals surface area contributed by atoms with Crippen LogP contribution in [0.1, 0.15) is 13.8 Å². The van der Waals surface area contributed by atoms with Gasteiger partial charge in [0.1, 0.15) is 0 Å². The van der Waals surface area contributed by atoms with Crippen molar-refractivity contribution >= 4 is 11.4 Å². The maximum absolute atomic E-state index is 3.45. The van der Waals surface area contributed by atoms with Gasteiger partial charge in [-0.1, -0.05) is 13.8 Å². The first-order valence-corrected chi connectivity index (χ1v) is 6.41. The number of hydrogen-bond acceptors (Lipinski definition) is 3. The minimum atomic E-state index is 1.00. The Hall–Kier alpha value is -1.22. The lowest BCUT2D eigenvalue weighted by Crippen LogP contribution is -2.28. The zero-order valence-corrected chi connectivity index (χ0v) is 11.5. The molecule has 0 aliphatic carbocycles. The standard InChI is InChI=1S/C14H25N3/c1-5-17(6-2)12-11-15-13-7-9-14(10-8-13)16(3)4/h7-10,15H,5-6,11-12H2,1-4H3. The predicted molar refractivity (Wildman–Crippen MR) is 77.0 cm³/mol. The van der Waals surface area contributed by atoms with Crippen LogP contribution in [0.3, 0.4) is 0 Å². The van der Waals surface area contributed by atoms with Crippen LogP contribution in [0.5, 0.6) is 0 Å². The van der Waals surface area contributed by atoms with Crippen molar-refractivity contribution in [2.45, 2.75) is 13.8 Å². The van der Waals surface area contributed by atoms with E-state index in [1.54, 1.807) is 0 Å². The largest absolute Gasteiger partial charge is 0.384 e. The maximum atomic E-state index is 3.45. The molecule has 0 fully saturated rings. The maximum Gasteiger partial charge on any atom is 0.0362 e. The number of anilines is 2. The van der Waals surface area contributed by atoms with E-state index in [-0.39, 0.29) is 0 Å². The molecule has 3 heteroatoms. The minimum Gasteiger partial charge on any atom is -0.384 e. The molecule has 0 atom stereocenters. The number of hydrogen-bond donors (Lipinski definition) is 1. The highest BCUT2D eigenvalue weighted by molar-refractivity contribution is 5.54. The molecule has 1 N–H and O–H groups in total. The number of likely N-dealkylation sites (N-methyl/N-ethyl adjacent to an activating group) is 1. The molecule has 0 aliphatic heterocycles. The quantitative estimate of drug-likeness (QED) is 0.783. The Bertz CT molecular complexity index is 302. The summed E-state index contributed by atoms with van der Waals surface area (Å²) in [5.41, 5.74) is 2.43. The molecule has 1 rings (SSSR count). The molecule has 96 valence electrons. The van der Waals surface area contributed by atoms with Gasteiger partial charge in [-0.15, -0.1) is 0 Å². The highest BCUT2D eigenvalue weighted by Crippen LogP contribution is 2.15. The SMILES string of the molecule is CCN(CC)CCNc1ccc(N(C)C)cc1. The van der Waals surface area contributed by atoms with E-state index in [0.29, 0.717) is 0 Å². The van der Waals surface area contributed by atoms with Crippen molar-refractivity contribution in [3.05, 3.63) is 24.3 Å². The zero-order valence-electron chi connectivity index (χ0n) is 11.5. The predicted octanol–water partition coefficient (Wildman–Crippen LogP) is 2.51. The van der Waals surface area contributed by atoms with Crippen LogP contribution in [0.15, 0.2) is 24.3 Å². The van der Waals surface area contributed by atoms with Gasteiger partial charge >= 0.3 is 0 Å². The molecule has 0 amide bonds. The Balaban J connectivity index is 2.37. The van der Waals surface area contributed by atoms with Crippen LogP contribution >= 0.6 is 0 Å². The molecular weight excluding hydrogens is 210 g/mol. The van der Waals surface area contributed by atoms with Gasteiger partial charge in [0, 0.05) is 38.6 Å². The molecule has 3 nitrogen and oxygen atoms in total. The van der Waals surface area contributed by atoms with Crippen LogP contribution in [0.2, 0.25) is 0 Å². The third-order valence-electron chi connectivity index (χ3n) is 3.04. The summed E-state index contributed by atoms with van der Waals surface area (Å²) in [5.74, 6) is 0. The highest BCUT2D eigenvalue weighted by Gasteiger charge is 1.99. The van der Waals surface area contributed by atoms with Crippen LogP contribution < -0.4 is 10.2 Å². The van der Waals surface area contributed by atoms with Gasteiger partial charge in [-0.2, -0.15) is 0 Å². The molecule has 0 bridgehead atoms. The minimum absolute atomic E-state index is 1.00. The normalized spacial score (nSPS) is 10.6. The van der Waals surface area contributed by atoms with Crippen LogP contribution in [0.25, 0.3) is 0 Å². The van der Waals surface area contributed by atoms with E-state index < -0.39 is 0 Å². The smallest absolute Gasteiger partial charge is 0.0362 e. The molecule has 0 saturated heterocycles. The Morgan fingerprint density at radius 2 is 1.59 bits per heavy atom. The number of benzene rings is 1. The van der Waals surface area contributed by atoms with E-state index in [9.17, 15) is 0 Å². The van der Waals surface area contributed by atoms with E-state index in [0.717, 1.165) is 26.2 Å². The van der Waals surface area contributed by atoms with E-state index in [4.69, 9.17) is 0 Å². The zero-order chi connectivity index (χ0) is 12.7. The van der Waals surface area contributed by atoms with Crippen molar-refractivity contribution in [2.75, 3.05) is 50.5 Å². The second kappa shape index (κ2) is 7.17. The van der Waals surface area contributed by atoms with Gasteiger partial charge in [0.2, 0.25) is 0 Å². The van der Waals surface area contributed by atoms with E-state index in [2.05, 4.69) is 67.3 Å². The first kappa shape index (κ1) is 13.8. The molecule has 17 heavy (non-hydrogen) atoms. The van der Waals surface area contributed by atoms with Crippen molar-refractivity contribution < 1.29 is 0 Å². The monoisotopic (exact) mass is 235 g/mol. The van der Waals surface area contributed by atoms with Crippen molar-refractivity contribution in [1.29, 1.82) is 0 Å². The molecule has 0 aromatic heterocycles. The van der Waals surface area contributed by atoms with E-state index in [1.165, 1.54) is 11.4 Å². The average molecular weight is 235 g/mol. The lowest BCUT2D eigenvalue weighted by atomic mass is 10.2. The van der Waals surface area contributed by atoms with Crippen LogP contribution in [-0.2, 0) is 0 Å². The van der Waals surface area contributed by atoms with Gasteiger partial charge in [-0.3, -0.25) is 0 Å².